The van der Waals surface area contributed by atoms with E-state index in [2.05, 4.69) is 53.8 Å². The molecule has 6 nitrogen and oxygen atoms in total. The number of hydrogen-bond acceptors (Lipinski definition) is 4. The maximum atomic E-state index is 13.2. The van der Waals surface area contributed by atoms with Gasteiger partial charge in [-0.25, -0.2) is 8.42 Å². The topological polar surface area (TPSA) is 67.2 Å². The van der Waals surface area contributed by atoms with E-state index in [1.807, 2.05) is 26.1 Å². The molecule has 1 aromatic heterocycles. The van der Waals surface area contributed by atoms with Crippen molar-refractivity contribution >= 4 is 21.3 Å². The second-order valence-electron chi connectivity index (χ2n) is 9.55. The number of hydrogen-bond donors (Lipinski definition) is 1. The lowest BCUT2D eigenvalue weighted by molar-refractivity contribution is 0.376. The highest BCUT2D eigenvalue weighted by Gasteiger charge is 2.22. The summed E-state index contributed by atoms with van der Waals surface area (Å²) in [7, 11) is 0.276. The van der Waals surface area contributed by atoms with Gasteiger partial charge in [0.2, 0.25) is 0 Å². The van der Waals surface area contributed by atoms with Gasteiger partial charge in [-0.3, -0.25) is 9.40 Å². The molecule has 0 fully saturated rings. The van der Waals surface area contributed by atoms with Gasteiger partial charge in [0.25, 0.3) is 10.0 Å². The van der Waals surface area contributed by atoms with E-state index in [4.69, 9.17) is 0 Å². The number of likely N-dealkylation sites (N-methyl/N-ethyl adjacent to an activating group) is 1. The van der Waals surface area contributed by atoms with Crippen molar-refractivity contribution in [3.05, 3.63) is 70.6 Å². The Morgan fingerprint density at radius 2 is 1.82 bits per heavy atom. The molecule has 0 saturated carbocycles. The lowest BCUT2D eigenvalue weighted by atomic mass is 9.90. The lowest BCUT2D eigenvalue weighted by Gasteiger charge is -2.20. The number of benzene rings is 1. The van der Waals surface area contributed by atoms with Crippen molar-refractivity contribution in [2.45, 2.75) is 44.9 Å². The van der Waals surface area contributed by atoms with Crippen molar-refractivity contribution in [1.82, 2.24) is 14.7 Å². The second-order valence-corrected chi connectivity index (χ2v) is 11.2. The monoisotopic (exact) mass is 466 g/mol. The smallest absolute Gasteiger partial charge is 0.262 e. The highest BCUT2D eigenvalue weighted by atomic mass is 32.2. The van der Waals surface area contributed by atoms with Crippen molar-refractivity contribution < 1.29 is 8.42 Å². The number of fused-ring (bicyclic) bond motifs is 1. The van der Waals surface area contributed by atoms with Gasteiger partial charge in [0.1, 0.15) is 0 Å². The van der Waals surface area contributed by atoms with Crippen LogP contribution in [0.5, 0.6) is 0 Å². The molecule has 1 aromatic carbocycles. The quantitative estimate of drug-likeness (QED) is 0.670. The standard InChI is InChI=1S/C26H34N4O2S/c1-18(2)15-25-26(19(3)30(5)27-25)28-33(31,32)24-12-10-21(11-13-24)22-9-8-20-7-6-14-29(4)17-23(20)16-22/h7,9-13,16,18,28H,6,8,14-15,17H2,1-5H3. The molecule has 0 spiro atoms. The summed E-state index contributed by atoms with van der Waals surface area (Å²) in [5.41, 5.74) is 7.13. The molecule has 7 heteroatoms. The van der Waals surface area contributed by atoms with Crippen molar-refractivity contribution in [2.75, 3.05) is 24.9 Å². The molecule has 33 heavy (non-hydrogen) atoms. The number of sulfonamides is 1. The van der Waals surface area contributed by atoms with Crippen molar-refractivity contribution in [2.24, 2.45) is 13.0 Å². The SMILES string of the molecule is Cc1c(NS(=O)(=O)c2ccc(C3=CCC4=CCCN(C)CC4=C3)cc2)c(CC(C)C)nn1C. The average Bonchev–Trinajstić information content (AvgIpc) is 2.91. The molecule has 2 aliphatic rings. The number of anilines is 1. The summed E-state index contributed by atoms with van der Waals surface area (Å²) in [6, 6.07) is 7.18. The fraction of sp³-hybridized carbons (Fsp3) is 0.423. The zero-order chi connectivity index (χ0) is 23.8. The molecule has 1 N–H and O–H groups in total. The normalized spacial score (nSPS) is 17.2. The molecular formula is C26H34N4O2S. The van der Waals surface area contributed by atoms with Crippen LogP contribution in [0.25, 0.3) is 5.57 Å². The summed E-state index contributed by atoms with van der Waals surface area (Å²) in [5, 5.41) is 4.52. The largest absolute Gasteiger partial charge is 0.302 e. The van der Waals surface area contributed by atoms with E-state index in [1.165, 1.54) is 11.1 Å². The Morgan fingerprint density at radius 3 is 2.52 bits per heavy atom. The summed E-state index contributed by atoms with van der Waals surface area (Å²) in [5.74, 6) is 0.378. The van der Waals surface area contributed by atoms with Gasteiger partial charge in [0.15, 0.2) is 0 Å². The highest BCUT2D eigenvalue weighted by molar-refractivity contribution is 7.92. The Labute approximate surface area is 197 Å². The van der Waals surface area contributed by atoms with Crippen molar-refractivity contribution in [3.8, 4) is 0 Å². The van der Waals surface area contributed by atoms with Crippen LogP contribution in [0.2, 0.25) is 0 Å². The number of aryl methyl sites for hydroxylation is 1. The molecule has 0 saturated heterocycles. The molecule has 0 bridgehead atoms. The fourth-order valence-electron chi connectivity index (χ4n) is 4.44. The molecule has 0 unspecified atom stereocenters. The molecule has 1 aliphatic heterocycles. The van der Waals surface area contributed by atoms with Gasteiger partial charge < -0.3 is 4.90 Å². The molecule has 2 heterocycles. The summed E-state index contributed by atoms with van der Waals surface area (Å²) in [4.78, 5) is 2.59. The van der Waals surface area contributed by atoms with Crippen LogP contribution >= 0.6 is 0 Å². The van der Waals surface area contributed by atoms with E-state index in [-0.39, 0.29) is 4.90 Å². The van der Waals surface area contributed by atoms with Gasteiger partial charge in [0.05, 0.1) is 22.0 Å². The van der Waals surface area contributed by atoms with E-state index >= 15 is 0 Å². The van der Waals surface area contributed by atoms with Crippen LogP contribution in [-0.2, 0) is 23.5 Å². The van der Waals surface area contributed by atoms with Crippen LogP contribution in [0.3, 0.4) is 0 Å². The Balaban J connectivity index is 1.56. The minimum Gasteiger partial charge on any atom is -0.302 e. The molecule has 0 amide bonds. The van der Waals surface area contributed by atoms with Gasteiger partial charge >= 0.3 is 0 Å². The molecule has 0 atom stereocenters. The zero-order valence-corrected chi connectivity index (χ0v) is 21.0. The lowest BCUT2D eigenvalue weighted by Crippen LogP contribution is -2.21. The van der Waals surface area contributed by atoms with Crippen LogP contribution in [0, 0.1) is 12.8 Å². The van der Waals surface area contributed by atoms with E-state index in [0.29, 0.717) is 18.0 Å². The first kappa shape index (κ1) is 23.5. The van der Waals surface area contributed by atoms with Gasteiger partial charge in [-0.15, -0.1) is 0 Å². The predicted octanol–water partition coefficient (Wildman–Crippen LogP) is 4.70. The molecule has 2 aromatic rings. The summed E-state index contributed by atoms with van der Waals surface area (Å²) in [6.07, 6.45) is 9.55. The molecule has 1 aliphatic carbocycles. The number of nitrogens with one attached hydrogen (secondary N) is 1. The second kappa shape index (κ2) is 9.31. The van der Waals surface area contributed by atoms with E-state index in [1.54, 1.807) is 16.8 Å². The third-order valence-electron chi connectivity index (χ3n) is 6.37. The van der Waals surface area contributed by atoms with Gasteiger partial charge in [0, 0.05) is 20.1 Å². The number of rotatable bonds is 6. The summed E-state index contributed by atoms with van der Waals surface area (Å²) >= 11 is 0. The number of aromatic nitrogens is 2. The van der Waals surface area contributed by atoms with Crippen molar-refractivity contribution in [3.63, 3.8) is 0 Å². The Morgan fingerprint density at radius 1 is 1.09 bits per heavy atom. The zero-order valence-electron chi connectivity index (χ0n) is 20.2. The summed E-state index contributed by atoms with van der Waals surface area (Å²) in [6.45, 7) is 8.10. The first-order chi connectivity index (χ1) is 15.6. The maximum absolute atomic E-state index is 13.2. The molecule has 4 rings (SSSR count). The van der Waals surface area contributed by atoms with Gasteiger partial charge in [-0.2, -0.15) is 5.10 Å². The first-order valence-corrected chi connectivity index (χ1v) is 13.1. The van der Waals surface area contributed by atoms with E-state index < -0.39 is 10.0 Å². The first-order valence-electron chi connectivity index (χ1n) is 11.6. The van der Waals surface area contributed by atoms with Crippen LogP contribution in [0.1, 0.15) is 43.6 Å². The minimum atomic E-state index is -3.71. The maximum Gasteiger partial charge on any atom is 0.262 e. The highest BCUT2D eigenvalue weighted by Crippen LogP contribution is 2.32. The van der Waals surface area contributed by atoms with E-state index in [9.17, 15) is 8.42 Å². The van der Waals surface area contributed by atoms with Crippen LogP contribution in [0.4, 0.5) is 5.69 Å². The predicted molar refractivity (Wildman–Crippen MR) is 135 cm³/mol. The Kier molecular flexibility index (Phi) is 6.64. The third kappa shape index (κ3) is 5.14. The van der Waals surface area contributed by atoms with Crippen molar-refractivity contribution in [1.29, 1.82) is 0 Å². The Hall–Kier alpha value is -2.64. The Bertz CT molecular complexity index is 1230. The molecule has 176 valence electrons. The van der Waals surface area contributed by atoms with Gasteiger partial charge in [-0.1, -0.05) is 38.1 Å². The number of nitrogens with zero attached hydrogens (tertiary/aromatic N) is 3. The molecule has 0 radical (unpaired) electrons. The minimum absolute atomic E-state index is 0.254. The van der Waals surface area contributed by atoms with Crippen LogP contribution in [-0.4, -0.2) is 43.2 Å². The van der Waals surface area contributed by atoms with Gasteiger partial charge in [-0.05, 0) is 79.6 Å². The van der Waals surface area contributed by atoms with Crippen LogP contribution in [0.15, 0.2) is 58.5 Å². The van der Waals surface area contributed by atoms with E-state index in [0.717, 1.165) is 48.5 Å². The number of allylic oxidation sites excluding steroid dienone is 3. The van der Waals surface area contributed by atoms with Crippen LogP contribution < -0.4 is 4.72 Å². The molecular weight excluding hydrogens is 432 g/mol. The summed E-state index contributed by atoms with van der Waals surface area (Å²) < 4.78 is 30.9. The third-order valence-corrected chi connectivity index (χ3v) is 7.73. The fourth-order valence-corrected chi connectivity index (χ4v) is 5.59. The average molecular weight is 467 g/mol.